The van der Waals surface area contributed by atoms with Gasteiger partial charge in [0, 0.05) is 8.96 Å². The Morgan fingerprint density at radius 2 is 1.55 bits per heavy atom. The van der Waals surface area contributed by atoms with Gasteiger partial charge in [-0.3, -0.25) is 0 Å². The van der Waals surface area contributed by atoms with Crippen LogP contribution >= 0.6 is 45.2 Å². The van der Waals surface area contributed by atoms with Crippen LogP contribution in [-0.4, -0.2) is 12.4 Å². The second kappa shape index (κ2) is 5.30. The predicted octanol–water partition coefficient (Wildman–Crippen LogP) is 4.09. The molecule has 0 amide bonds. The van der Waals surface area contributed by atoms with E-state index in [-0.39, 0.29) is 0 Å². The molecular formula is C14H9I2NO2S. The maximum Gasteiger partial charge on any atom is 0.270 e. The Balaban J connectivity index is 2.36. The highest BCUT2D eigenvalue weighted by atomic mass is 127. The van der Waals surface area contributed by atoms with E-state index in [0.29, 0.717) is 14.1 Å². The smallest absolute Gasteiger partial charge is 0.228 e. The summed E-state index contributed by atoms with van der Waals surface area (Å²) in [5.41, 5.74) is 0.705. The summed E-state index contributed by atoms with van der Waals surface area (Å²) in [7, 11) is -3.58. The van der Waals surface area contributed by atoms with Gasteiger partial charge in [-0.05, 0) is 69.4 Å². The largest absolute Gasteiger partial charge is 0.270 e. The SMILES string of the molecule is O=S(=O)(c1ccccc1I)n1c(I)cc2ccccc21. The van der Waals surface area contributed by atoms with Crippen molar-refractivity contribution in [3.05, 3.63) is 61.9 Å². The van der Waals surface area contributed by atoms with Gasteiger partial charge < -0.3 is 0 Å². The normalized spacial score (nSPS) is 11.9. The summed E-state index contributed by atoms with van der Waals surface area (Å²) in [4.78, 5) is 0.333. The topological polar surface area (TPSA) is 39.1 Å². The number of halogens is 2. The Labute approximate surface area is 144 Å². The molecule has 6 heteroatoms. The standard InChI is InChI=1S/C14H9I2NO2S/c15-11-6-2-4-8-13(11)20(18,19)17-12-7-3-1-5-10(12)9-14(17)16/h1-9H. The first-order valence-electron chi connectivity index (χ1n) is 5.78. The molecule has 0 unspecified atom stereocenters. The maximum absolute atomic E-state index is 12.9. The first-order valence-corrected chi connectivity index (χ1v) is 9.37. The van der Waals surface area contributed by atoms with Crippen LogP contribution in [0.15, 0.2) is 59.5 Å². The lowest BCUT2D eigenvalue weighted by Crippen LogP contribution is -2.15. The number of nitrogens with zero attached hydrogens (tertiary/aromatic N) is 1. The highest BCUT2D eigenvalue weighted by molar-refractivity contribution is 14.1. The van der Waals surface area contributed by atoms with E-state index in [9.17, 15) is 8.42 Å². The van der Waals surface area contributed by atoms with Gasteiger partial charge in [-0.1, -0.05) is 30.3 Å². The zero-order valence-electron chi connectivity index (χ0n) is 10.1. The van der Waals surface area contributed by atoms with Crippen molar-refractivity contribution in [2.75, 3.05) is 0 Å². The van der Waals surface area contributed by atoms with Crippen LogP contribution in [0.25, 0.3) is 10.9 Å². The molecule has 0 aliphatic heterocycles. The van der Waals surface area contributed by atoms with Crippen LogP contribution in [-0.2, 0) is 10.0 Å². The van der Waals surface area contributed by atoms with Crippen molar-refractivity contribution in [2.45, 2.75) is 4.90 Å². The molecule has 0 spiro atoms. The molecule has 1 heterocycles. The minimum Gasteiger partial charge on any atom is -0.228 e. The minimum atomic E-state index is -3.58. The highest BCUT2D eigenvalue weighted by Crippen LogP contribution is 2.28. The quantitative estimate of drug-likeness (QED) is 0.489. The van der Waals surface area contributed by atoms with Crippen LogP contribution in [0.2, 0.25) is 0 Å². The van der Waals surface area contributed by atoms with Crippen LogP contribution in [0.3, 0.4) is 0 Å². The van der Waals surface area contributed by atoms with Gasteiger partial charge in [-0.15, -0.1) is 0 Å². The fourth-order valence-corrected chi connectivity index (χ4v) is 6.16. The Morgan fingerprint density at radius 3 is 2.30 bits per heavy atom. The molecule has 0 N–H and O–H groups in total. The van der Waals surface area contributed by atoms with Gasteiger partial charge in [-0.25, -0.2) is 12.4 Å². The van der Waals surface area contributed by atoms with Crippen molar-refractivity contribution in [3.63, 3.8) is 0 Å². The third-order valence-electron chi connectivity index (χ3n) is 2.98. The average molecular weight is 509 g/mol. The molecule has 0 aliphatic rings. The number of rotatable bonds is 2. The molecule has 0 radical (unpaired) electrons. The molecule has 0 fully saturated rings. The van der Waals surface area contributed by atoms with Gasteiger partial charge in [0.25, 0.3) is 10.0 Å². The lowest BCUT2D eigenvalue weighted by molar-refractivity contribution is 0.587. The van der Waals surface area contributed by atoms with Crippen molar-refractivity contribution >= 4 is 66.1 Å². The number of fused-ring (bicyclic) bond motifs is 1. The van der Waals surface area contributed by atoms with Gasteiger partial charge in [0.2, 0.25) is 0 Å². The molecule has 3 aromatic rings. The van der Waals surface area contributed by atoms with E-state index < -0.39 is 10.0 Å². The van der Waals surface area contributed by atoms with Gasteiger partial charge in [0.15, 0.2) is 0 Å². The molecule has 20 heavy (non-hydrogen) atoms. The fraction of sp³-hybridized carbons (Fsp3) is 0. The number of para-hydroxylation sites is 1. The molecule has 0 saturated heterocycles. The van der Waals surface area contributed by atoms with Crippen molar-refractivity contribution in [3.8, 4) is 0 Å². The summed E-state index contributed by atoms with van der Waals surface area (Å²) in [5.74, 6) is 0. The van der Waals surface area contributed by atoms with Crippen LogP contribution < -0.4 is 0 Å². The van der Waals surface area contributed by atoms with E-state index in [4.69, 9.17) is 0 Å². The Morgan fingerprint density at radius 1 is 0.900 bits per heavy atom. The second-order valence-corrected chi connectivity index (χ2v) is 8.25. The summed E-state index contributed by atoms with van der Waals surface area (Å²) >= 11 is 4.11. The van der Waals surface area contributed by atoms with Gasteiger partial charge in [-0.2, -0.15) is 0 Å². The zero-order chi connectivity index (χ0) is 14.3. The molecule has 3 rings (SSSR count). The van der Waals surface area contributed by atoms with Crippen molar-refractivity contribution < 1.29 is 8.42 Å². The summed E-state index contributed by atoms with van der Waals surface area (Å²) in [6.45, 7) is 0. The molecule has 102 valence electrons. The molecule has 0 bridgehead atoms. The fourth-order valence-electron chi connectivity index (χ4n) is 2.09. The number of hydrogen-bond donors (Lipinski definition) is 0. The van der Waals surface area contributed by atoms with E-state index in [1.165, 1.54) is 3.97 Å². The van der Waals surface area contributed by atoms with Crippen molar-refractivity contribution in [2.24, 2.45) is 0 Å². The van der Waals surface area contributed by atoms with Crippen LogP contribution in [0.4, 0.5) is 0 Å². The number of benzene rings is 2. The Bertz CT molecular complexity index is 900. The summed E-state index contributed by atoms with van der Waals surface area (Å²) in [6, 6.07) is 16.4. The Kier molecular flexibility index (Phi) is 3.80. The van der Waals surface area contributed by atoms with E-state index in [1.54, 1.807) is 18.2 Å². The van der Waals surface area contributed by atoms with Gasteiger partial charge in [0.1, 0.15) is 4.90 Å². The third-order valence-corrected chi connectivity index (χ3v) is 7.19. The molecule has 0 aliphatic carbocycles. The van der Waals surface area contributed by atoms with E-state index in [1.807, 2.05) is 36.4 Å². The second-order valence-electron chi connectivity index (χ2n) is 4.23. The predicted molar refractivity (Wildman–Crippen MR) is 96.4 cm³/mol. The molecule has 0 atom stereocenters. The van der Waals surface area contributed by atoms with Crippen LogP contribution in [0, 0.1) is 7.27 Å². The number of aromatic nitrogens is 1. The molecule has 3 nitrogen and oxygen atoms in total. The summed E-state index contributed by atoms with van der Waals surface area (Å²) < 4.78 is 28.6. The lowest BCUT2D eigenvalue weighted by atomic mass is 10.3. The molecular weight excluding hydrogens is 500 g/mol. The minimum absolute atomic E-state index is 0.333. The first-order chi connectivity index (χ1) is 9.51. The third kappa shape index (κ3) is 2.27. The monoisotopic (exact) mass is 509 g/mol. The number of hydrogen-bond acceptors (Lipinski definition) is 2. The average Bonchev–Trinajstić information content (AvgIpc) is 2.75. The maximum atomic E-state index is 12.9. The van der Waals surface area contributed by atoms with Crippen LogP contribution in [0.1, 0.15) is 0 Å². The molecule has 0 saturated carbocycles. The van der Waals surface area contributed by atoms with Gasteiger partial charge >= 0.3 is 0 Å². The summed E-state index contributed by atoms with van der Waals surface area (Å²) in [6.07, 6.45) is 0. The van der Waals surface area contributed by atoms with Crippen molar-refractivity contribution in [1.29, 1.82) is 0 Å². The van der Waals surface area contributed by atoms with E-state index in [0.717, 1.165) is 8.96 Å². The zero-order valence-corrected chi connectivity index (χ0v) is 15.3. The Hall–Kier alpha value is -0.610. The first kappa shape index (κ1) is 14.3. The highest BCUT2D eigenvalue weighted by Gasteiger charge is 2.23. The van der Waals surface area contributed by atoms with Crippen molar-refractivity contribution in [1.82, 2.24) is 3.97 Å². The van der Waals surface area contributed by atoms with E-state index in [2.05, 4.69) is 45.2 Å². The van der Waals surface area contributed by atoms with Crippen LogP contribution in [0.5, 0.6) is 0 Å². The molecule has 1 aromatic heterocycles. The van der Waals surface area contributed by atoms with E-state index >= 15 is 0 Å². The summed E-state index contributed by atoms with van der Waals surface area (Å²) in [5, 5.41) is 0.923. The molecule has 2 aromatic carbocycles. The lowest BCUT2D eigenvalue weighted by Gasteiger charge is -2.10. The van der Waals surface area contributed by atoms with Gasteiger partial charge in [0.05, 0.1) is 9.22 Å².